The van der Waals surface area contributed by atoms with Crippen LogP contribution in [0, 0.1) is 23.3 Å². The van der Waals surface area contributed by atoms with Crippen molar-refractivity contribution in [1.29, 1.82) is 0 Å². The lowest BCUT2D eigenvalue weighted by atomic mass is 9.97. The molecular formula is C84H84F4N34O5. The molecule has 16 aromatic rings. The molecular weight excluding hydrogens is 1640 g/mol. The molecule has 43 heteroatoms. The van der Waals surface area contributed by atoms with E-state index in [9.17, 15) is 17.6 Å². The first-order chi connectivity index (χ1) is 61.6. The van der Waals surface area contributed by atoms with Gasteiger partial charge in [-0.1, -0.05) is 54.6 Å². The highest BCUT2D eigenvalue weighted by molar-refractivity contribution is 5.81. The maximum Gasteiger partial charge on any atom is 0.235 e. The van der Waals surface area contributed by atoms with E-state index in [0.717, 1.165) is 98.8 Å². The number of benzene rings is 7. The van der Waals surface area contributed by atoms with Crippen LogP contribution in [0.2, 0.25) is 0 Å². The second-order valence-electron chi connectivity index (χ2n) is 28.5. The average molecular weight is 1730 g/mol. The van der Waals surface area contributed by atoms with E-state index in [1.807, 2.05) is 100 Å². The van der Waals surface area contributed by atoms with Crippen LogP contribution in [0.5, 0.6) is 23.0 Å². The Hall–Kier alpha value is -16.8. The van der Waals surface area contributed by atoms with Gasteiger partial charge in [-0.3, -0.25) is 30.4 Å². The van der Waals surface area contributed by atoms with Crippen LogP contribution in [-0.2, 0) is 4.74 Å². The number of fused-ring (bicyclic) bond motifs is 2. The Morgan fingerprint density at radius 2 is 0.693 bits per heavy atom. The molecule has 3 unspecified atom stereocenters. The molecule has 11 heterocycles. The van der Waals surface area contributed by atoms with E-state index < -0.39 is 0 Å². The van der Waals surface area contributed by atoms with Gasteiger partial charge in [0, 0.05) is 78.2 Å². The molecule has 0 amide bonds. The van der Waals surface area contributed by atoms with Crippen molar-refractivity contribution in [1.82, 2.24) is 111 Å². The third-order valence-electron chi connectivity index (χ3n) is 19.6. The fourth-order valence-electron chi connectivity index (χ4n) is 13.0. The molecule has 648 valence electrons. The minimum Gasteiger partial charge on any atom is -0.493 e. The lowest BCUT2D eigenvalue weighted by molar-refractivity contribution is 0.0845. The molecule has 2 aliphatic heterocycles. The fraction of sp³-hybridized carbons (Fsp3) is 0.190. The zero-order chi connectivity index (χ0) is 88.5. The van der Waals surface area contributed by atoms with Crippen LogP contribution in [0.15, 0.2) is 188 Å². The Balaban J connectivity index is 0.000000131. The number of H-pyrrole nitrogens is 4. The van der Waals surface area contributed by atoms with Crippen LogP contribution in [-0.4, -0.2) is 145 Å². The van der Waals surface area contributed by atoms with Gasteiger partial charge in [-0.2, -0.15) is 80.2 Å². The largest absolute Gasteiger partial charge is 0.493 e. The summed E-state index contributed by atoms with van der Waals surface area (Å²) in [6, 6.07) is 48.5. The first-order valence-corrected chi connectivity index (χ1v) is 39.4. The Labute approximate surface area is 720 Å². The first kappa shape index (κ1) is 85.2. The van der Waals surface area contributed by atoms with Gasteiger partial charge >= 0.3 is 0 Å². The minimum absolute atomic E-state index is 0.0388. The summed E-state index contributed by atoms with van der Waals surface area (Å²) in [5.74, 6) is 6.32. The van der Waals surface area contributed by atoms with Gasteiger partial charge in [-0.15, -0.1) is 0 Å². The van der Waals surface area contributed by atoms with Crippen molar-refractivity contribution in [2.75, 3.05) is 99.7 Å². The van der Waals surface area contributed by atoms with Crippen LogP contribution >= 0.6 is 0 Å². The van der Waals surface area contributed by atoms with E-state index in [4.69, 9.17) is 46.6 Å². The standard InChI is InChI=1S/C22H19FN10.C22H23FN8O2.C21H19FN8O2.C19H23FN8O/c1-12(13-2-5-15(23)6-3-13)27-21-29-20(24)30-22(31-21)28-19-11-17(32-33-19)14-4-7-16-18(10-14)26-9-8-25-16;1-12(13-4-7-15(23)8-5-13)25-21-27-20(24)28-22(29-21)26-19-11-16(30-31-19)14-6-9-17(32-2)18(10-14)33-3;1-11(12-2-5-14(22)6-3-12)24-20-26-19(23)27-21(28-20)25-18-9-15(29-30-18)13-4-7-16-17(8-13)32-10-31-16;1-11(12-2-4-14(20)5-3-12)22-18-24-17(21)25-19(26-18)23-16-10-15(27-28-16)13-6-8-29-9-7-13/h2-12H,1H3,(H5,24,27,28,29,30,31,32,33);4-12H,1-3H3,(H5,24,25,26,27,28,29,30,31);2-9,11H,10H2,1H3,(H5,23,24,25,26,27,28,29,30);2-5,10-11,13H,6-9H2,1H3,(H5,21,22,23,24,25,26,27,28)/t12-;;;/m0.../s1. The van der Waals surface area contributed by atoms with Crippen molar-refractivity contribution in [3.63, 3.8) is 0 Å². The van der Waals surface area contributed by atoms with Gasteiger partial charge in [0.15, 0.2) is 46.3 Å². The highest BCUT2D eigenvalue weighted by Crippen LogP contribution is 2.38. The number of halogens is 4. The number of ether oxygens (including phenoxy) is 5. The summed E-state index contributed by atoms with van der Waals surface area (Å²) in [5.41, 5.74) is 34.6. The molecule has 7 aromatic carbocycles. The monoisotopic (exact) mass is 1720 g/mol. The number of hydrogen-bond donors (Lipinski definition) is 16. The van der Waals surface area contributed by atoms with Gasteiger partial charge in [0.1, 0.15) is 23.3 Å². The van der Waals surface area contributed by atoms with E-state index in [1.54, 1.807) is 81.2 Å². The number of nitrogen functional groups attached to an aromatic ring is 4. The predicted octanol–water partition coefficient (Wildman–Crippen LogP) is 14.5. The maximum absolute atomic E-state index is 13.2. The summed E-state index contributed by atoms with van der Waals surface area (Å²) < 4.78 is 79.4. The maximum atomic E-state index is 13.2. The molecule has 0 saturated carbocycles. The molecule has 0 bridgehead atoms. The summed E-state index contributed by atoms with van der Waals surface area (Å²) in [5, 5.41) is 53.8. The van der Waals surface area contributed by atoms with Crippen molar-refractivity contribution in [2.24, 2.45) is 0 Å². The number of nitrogens with two attached hydrogens (primary N) is 4. The number of methoxy groups -OCH3 is 2. The van der Waals surface area contributed by atoms with Crippen LogP contribution in [0.3, 0.4) is 0 Å². The number of aromatic nitrogens is 22. The summed E-state index contributed by atoms with van der Waals surface area (Å²) in [7, 11) is 3.16. The lowest BCUT2D eigenvalue weighted by Crippen LogP contribution is -2.14. The molecule has 1 saturated heterocycles. The van der Waals surface area contributed by atoms with Crippen LogP contribution < -0.4 is 84.4 Å². The Morgan fingerprint density at radius 1 is 0.354 bits per heavy atom. The molecule has 9 aromatic heterocycles. The Bertz CT molecular complexity index is 6410. The molecule has 20 N–H and O–H groups in total. The molecule has 0 radical (unpaired) electrons. The number of nitrogens with one attached hydrogen (secondary N) is 12. The Morgan fingerprint density at radius 3 is 1.09 bits per heavy atom. The molecule has 2 aliphatic rings. The van der Waals surface area contributed by atoms with Gasteiger partial charge in [-0.25, -0.2) is 17.6 Å². The highest BCUT2D eigenvalue weighted by atomic mass is 19.1. The molecule has 39 nitrogen and oxygen atoms in total. The number of hydrogen-bond acceptors (Lipinski definition) is 35. The number of anilines is 16. The van der Waals surface area contributed by atoms with Gasteiger partial charge in [-0.05, 0) is 160 Å². The summed E-state index contributed by atoms with van der Waals surface area (Å²) in [6.07, 6.45) is 5.25. The summed E-state index contributed by atoms with van der Waals surface area (Å²) >= 11 is 0. The van der Waals surface area contributed by atoms with Crippen molar-refractivity contribution in [2.45, 2.75) is 70.6 Å². The van der Waals surface area contributed by atoms with Crippen LogP contribution in [0.4, 0.5) is 112 Å². The molecule has 18 rings (SSSR count). The molecule has 127 heavy (non-hydrogen) atoms. The first-order valence-electron chi connectivity index (χ1n) is 39.4. The molecule has 0 aliphatic carbocycles. The Kier molecular flexibility index (Phi) is 26.4. The lowest BCUT2D eigenvalue weighted by Gasteiger charge is -2.20. The minimum atomic E-state index is -0.298. The number of aromatic amines is 4. The van der Waals surface area contributed by atoms with Crippen molar-refractivity contribution >= 4 is 106 Å². The predicted molar refractivity (Wildman–Crippen MR) is 470 cm³/mol. The third kappa shape index (κ3) is 22.7. The van der Waals surface area contributed by atoms with E-state index in [-0.39, 0.29) is 120 Å². The topological polar surface area (TPSA) is 542 Å². The van der Waals surface area contributed by atoms with E-state index in [0.29, 0.717) is 58.1 Å². The number of rotatable bonds is 26. The summed E-state index contributed by atoms with van der Waals surface area (Å²) in [4.78, 5) is 59.0. The molecule has 1 fully saturated rings. The van der Waals surface area contributed by atoms with Crippen LogP contribution in [0.25, 0.3) is 44.8 Å². The highest BCUT2D eigenvalue weighted by Gasteiger charge is 2.23. The second-order valence-corrected chi connectivity index (χ2v) is 28.5. The zero-order valence-electron chi connectivity index (χ0n) is 68.7. The fourth-order valence-corrected chi connectivity index (χ4v) is 13.0. The van der Waals surface area contributed by atoms with E-state index in [1.165, 1.54) is 48.5 Å². The SMILES string of the molecule is CC(Nc1nc(N)nc(Nc2cc(-c3ccc4c(c3)OCO4)[nH]n2)n1)c1ccc(F)cc1.CC(Nc1nc(N)nc(Nc2cc(C3CCOCC3)[nH]n2)n1)c1ccc(F)cc1.COc1ccc(-c2cc(Nc3nc(N)nc(NC(C)c4ccc(F)cc4)n3)n[nH]2)cc1OC.C[C@H](Nc1nc(N)nc(Nc2cc(-c3ccc4nccnc4c3)[nH]n2)n1)c1ccc(F)cc1. The normalized spacial score (nSPS) is 13.0. The van der Waals surface area contributed by atoms with Gasteiger partial charge in [0.05, 0.1) is 66.5 Å². The number of nitrogens with zero attached hydrogens (tertiary/aromatic N) is 18. The van der Waals surface area contributed by atoms with Crippen molar-refractivity contribution in [3.05, 3.63) is 240 Å². The quantitative estimate of drug-likeness (QED) is 0.0224. The smallest absolute Gasteiger partial charge is 0.235 e. The van der Waals surface area contributed by atoms with Gasteiger partial charge < -0.3 is 89.2 Å². The zero-order valence-corrected chi connectivity index (χ0v) is 68.7. The molecule has 4 atom stereocenters. The summed E-state index contributed by atoms with van der Waals surface area (Å²) in [6.45, 7) is 9.39. The van der Waals surface area contributed by atoms with Crippen LogP contribution in [0.1, 0.15) is 98.6 Å². The van der Waals surface area contributed by atoms with Gasteiger partial charge in [0.2, 0.25) is 78.2 Å². The second kappa shape index (κ2) is 39.4. The average Bonchev–Trinajstić information content (AvgIpc) is 1.69. The molecule has 0 spiro atoms. The van der Waals surface area contributed by atoms with Crippen molar-refractivity contribution in [3.8, 4) is 56.8 Å². The van der Waals surface area contributed by atoms with E-state index in [2.05, 4.69) is 153 Å². The van der Waals surface area contributed by atoms with Gasteiger partial charge in [0.25, 0.3) is 0 Å². The van der Waals surface area contributed by atoms with Crippen molar-refractivity contribution < 1.29 is 41.2 Å². The third-order valence-corrected chi connectivity index (χ3v) is 19.6. The van der Waals surface area contributed by atoms with E-state index >= 15 is 0 Å².